The van der Waals surface area contributed by atoms with Crippen molar-refractivity contribution in [1.29, 1.82) is 0 Å². The minimum atomic E-state index is -4.80. The Kier molecular flexibility index (Phi) is 2.73. The average molecular weight is 314 g/mol. The van der Waals surface area contributed by atoms with Crippen LogP contribution in [0.4, 0.5) is 13.2 Å². The number of rotatable bonds is 2. The largest absolute Gasteiger partial charge is 0.453 e. The van der Waals surface area contributed by atoms with E-state index in [0.29, 0.717) is 0 Å². The standard InChI is InChI=1S/C10H9F3O6S/c1-2-3(14)17-6-5-4(10(11,12)13)9-8(18-5)7(6)19-20(9,15)16/h2,4-9H,1H2. The maximum Gasteiger partial charge on any atom is 0.395 e. The Morgan fingerprint density at radius 1 is 1.25 bits per heavy atom. The normalized spacial score (nSPS) is 44.5. The zero-order valence-corrected chi connectivity index (χ0v) is 10.6. The molecule has 0 aromatic heterocycles. The van der Waals surface area contributed by atoms with Crippen LogP contribution in [0.25, 0.3) is 0 Å². The van der Waals surface area contributed by atoms with Gasteiger partial charge in [0, 0.05) is 6.08 Å². The molecule has 112 valence electrons. The predicted octanol–water partition coefficient (Wildman–Crippen LogP) is 0.141. The molecule has 3 heterocycles. The third-order valence-corrected chi connectivity index (χ3v) is 5.41. The molecule has 0 N–H and O–H groups in total. The highest BCUT2D eigenvalue weighted by atomic mass is 32.2. The molecule has 6 atom stereocenters. The van der Waals surface area contributed by atoms with E-state index in [9.17, 15) is 26.4 Å². The fourth-order valence-electron chi connectivity index (χ4n) is 3.02. The van der Waals surface area contributed by atoms with Crippen molar-refractivity contribution in [2.75, 3.05) is 0 Å². The number of esters is 1. The molecule has 10 heteroatoms. The van der Waals surface area contributed by atoms with Crippen LogP contribution in [0, 0.1) is 5.92 Å². The van der Waals surface area contributed by atoms with E-state index in [1.807, 2.05) is 0 Å². The monoisotopic (exact) mass is 314 g/mol. The number of fused-ring (bicyclic) bond motifs is 1. The van der Waals surface area contributed by atoms with Gasteiger partial charge < -0.3 is 9.47 Å². The zero-order chi connectivity index (χ0) is 14.9. The van der Waals surface area contributed by atoms with Crippen LogP contribution < -0.4 is 0 Å². The first-order valence-electron chi connectivity index (χ1n) is 5.64. The first-order valence-corrected chi connectivity index (χ1v) is 7.11. The smallest absolute Gasteiger partial charge is 0.395 e. The van der Waals surface area contributed by atoms with Crippen LogP contribution in [-0.4, -0.2) is 50.2 Å². The SMILES string of the molecule is C=CC(=O)OC1C2OS(=O)(=O)C3C2OC1C3C(F)(F)F. The van der Waals surface area contributed by atoms with Gasteiger partial charge in [-0.2, -0.15) is 21.6 Å². The van der Waals surface area contributed by atoms with Crippen molar-refractivity contribution in [2.24, 2.45) is 5.92 Å². The Morgan fingerprint density at radius 3 is 2.45 bits per heavy atom. The molecule has 3 saturated heterocycles. The number of hydrogen-bond donors (Lipinski definition) is 0. The van der Waals surface area contributed by atoms with E-state index in [4.69, 9.17) is 9.47 Å². The third-order valence-electron chi connectivity index (χ3n) is 3.69. The lowest BCUT2D eigenvalue weighted by molar-refractivity contribution is -0.199. The lowest BCUT2D eigenvalue weighted by Gasteiger charge is -2.29. The van der Waals surface area contributed by atoms with Gasteiger partial charge in [0.05, 0.1) is 0 Å². The molecule has 0 aliphatic carbocycles. The van der Waals surface area contributed by atoms with Crippen molar-refractivity contribution in [3.63, 3.8) is 0 Å². The summed E-state index contributed by atoms with van der Waals surface area (Å²) in [5, 5.41) is -1.80. The molecule has 2 bridgehead atoms. The van der Waals surface area contributed by atoms with Crippen molar-refractivity contribution >= 4 is 16.1 Å². The van der Waals surface area contributed by atoms with Gasteiger partial charge in [-0.25, -0.2) is 4.79 Å². The third kappa shape index (κ3) is 1.71. The first kappa shape index (κ1) is 13.8. The Bertz CT molecular complexity index is 570. The topological polar surface area (TPSA) is 78.9 Å². The Balaban J connectivity index is 2.00. The summed E-state index contributed by atoms with van der Waals surface area (Å²) in [7, 11) is -4.40. The van der Waals surface area contributed by atoms with Crippen LogP contribution in [0.15, 0.2) is 12.7 Å². The molecule has 0 saturated carbocycles. The summed E-state index contributed by atoms with van der Waals surface area (Å²) in [5.74, 6) is -3.23. The van der Waals surface area contributed by atoms with E-state index in [0.717, 1.165) is 6.08 Å². The van der Waals surface area contributed by atoms with Gasteiger partial charge in [0.25, 0.3) is 10.1 Å². The van der Waals surface area contributed by atoms with Crippen LogP contribution in [-0.2, 0) is 28.6 Å². The minimum Gasteiger partial charge on any atom is -0.453 e. The van der Waals surface area contributed by atoms with Gasteiger partial charge >= 0.3 is 12.1 Å². The highest BCUT2D eigenvalue weighted by molar-refractivity contribution is 7.87. The summed E-state index contributed by atoms with van der Waals surface area (Å²) in [5.41, 5.74) is 0. The second kappa shape index (κ2) is 3.95. The van der Waals surface area contributed by atoms with Crippen LogP contribution in [0.1, 0.15) is 0 Å². The van der Waals surface area contributed by atoms with E-state index in [1.54, 1.807) is 0 Å². The van der Waals surface area contributed by atoms with Gasteiger partial charge in [-0.05, 0) is 0 Å². The number of halogens is 3. The molecule has 6 nitrogen and oxygen atoms in total. The number of carbonyl (C=O) groups is 1. The molecule has 20 heavy (non-hydrogen) atoms. The van der Waals surface area contributed by atoms with E-state index < -0.39 is 57.8 Å². The molecule has 3 aliphatic heterocycles. The fraction of sp³-hybridized carbons (Fsp3) is 0.700. The van der Waals surface area contributed by atoms with E-state index in [1.165, 1.54) is 0 Å². The molecule has 0 radical (unpaired) electrons. The molecular formula is C10H9F3O6S. The average Bonchev–Trinajstić information content (AvgIpc) is 2.89. The molecule has 0 spiro atoms. The van der Waals surface area contributed by atoms with Gasteiger partial charge in [-0.1, -0.05) is 6.58 Å². The number of ether oxygens (including phenoxy) is 2. The molecule has 0 amide bonds. The van der Waals surface area contributed by atoms with Gasteiger partial charge in [-0.3, -0.25) is 4.18 Å². The van der Waals surface area contributed by atoms with Gasteiger partial charge in [0.15, 0.2) is 6.10 Å². The minimum absolute atomic E-state index is 0.773. The number of alkyl halides is 3. The first-order chi connectivity index (χ1) is 9.16. The summed E-state index contributed by atoms with van der Waals surface area (Å²) in [6, 6.07) is 0. The molecule has 0 aromatic rings. The summed E-state index contributed by atoms with van der Waals surface area (Å²) < 4.78 is 77.0. The zero-order valence-electron chi connectivity index (χ0n) is 9.74. The predicted molar refractivity (Wildman–Crippen MR) is 55.9 cm³/mol. The summed E-state index contributed by atoms with van der Waals surface area (Å²) >= 11 is 0. The lowest BCUT2D eigenvalue weighted by atomic mass is 9.84. The Hall–Kier alpha value is -1.13. The van der Waals surface area contributed by atoms with Crippen LogP contribution in [0.2, 0.25) is 0 Å². The Labute approximate surface area is 111 Å². The van der Waals surface area contributed by atoms with Gasteiger partial charge in [0.1, 0.15) is 29.5 Å². The lowest BCUT2D eigenvalue weighted by Crippen LogP contribution is -2.51. The second-order valence-electron chi connectivity index (χ2n) is 4.76. The van der Waals surface area contributed by atoms with Gasteiger partial charge in [0.2, 0.25) is 0 Å². The maximum atomic E-state index is 13.0. The van der Waals surface area contributed by atoms with Crippen molar-refractivity contribution < 1.29 is 40.0 Å². The summed E-state index contributed by atoms with van der Waals surface area (Å²) in [6.07, 6.45) is -9.50. The van der Waals surface area contributed by atoms with E-state index >= 15 is 0 Å². The fourth-order valence-corrected chi connectivity index (χ4v) is 4.89. The van der Waals surface area contributed by atoms with Crippen molar-refractivity contribution in [1.82, 2.24) is 0 Å². The quantitative estimate of drug-likeness (QED) is 0.410. The van der Waals surface area contributed by atoms with Crippen LogP contribution in [0.5, 0.6) is 0 Å². The summed E-state index contributed by atoms with van der Waals surface area (Å²) in [4.78, 5) is 11.2. The van der Waals surface area contributed by atoms with Crippen molar-refractivity contribution in [3.05, 3.63) is 12.7 Å². The van der Waals surface area contributed by atoms with Crippen LogP contribution >= 0.6 is 0 Å². The molecule has 3 rings (SSSR count). The second-order valence-corrected chi connectivity index (χ2v) is 6.48. The molecule has 3 fully saturated rings. The number of hydrogen-bond acceptors (Lipinski definition) is 6. The highest BCUT2D eigenvalue weighted by Crippen LogP contribution is 2.55. The van der Waals surface area contributed by atoms with E-state index in [2.05, 4.69) is 10.8 Å². The highest BCUT2D eigenvalue weighted by Gasteiger charge is 2.76. The molecule has 0 aromatic carbocycles. The Morgan fingerprint density at radius 2 is 1.90 bits per heavy atom. The number of carbonyl (C=O) groups excluding carboxylic acids is 1. The molecule has 6 unspecified atom stereocenters. The van der Waals surface area contributed by atoms with Crippen molar-refractivity contribution in [2.45, 2.75) is 35.8 Å². The molecule has 3 aliphatic rings. The molecular weight excluding hydrogens is 305 g/mol. The maximum absolute atomic E-state index is 13.0. The van der Waals surface area contributed by atoms with E-state index in [-0.39, 0.29) is 0 Å². The van der Waals surface area contributed by atoms with Gasteiger partial charge in [-0.15, -0.1) is 0 Å². The van der Waals surface area contributed by atoms with Crippen molar-refractivity contribution in [3.8, 4) is 0 Å². The van der Waals surface area contributed by atoms with Crippen LogP contribution in [0.3, 0.4) is 0 Å². The summed E-state index contributed by atoms with van der Waals surface area (Å²) in [6.45, 7) is 3.13.